The number of hydrogen-bond donors (Lipinski definition) is 3. The molecule has 0 spiro atoms. The predicted molar refractivity (Wildman–Crippen MR) is 354 cm³/mol. The van der Waals surface area contributed by atoms with Gasteiger partial charge in [0.05, 0.1) is 26.4 Å². The van der Waals surface area contributed by atoms with Crippen LogP contribution in [0, 0.1) is 5.92 Å². The highest BCUT2D eigenvalue weighted by molar-refractivity contribution is 7.47. The van der Waals surface area contributed by atoms with Crippen LogP contribution in [-0.4, -0.2) is 96.7 Å². The Morgan fingerprint density at radius 1 is 0.307 bits per heavy atom. The lowest BCUT2D eigenvalue weighted by Crippen LogP contribution is -2.30. The van der Waals surface area contributed by atoms with Gasteiger partial charge in [-0.15, -0.1) is 0 Å². The Labute approximate surface area is 537 Å². The number of aliphatic hydroxyl groups excluding tert-OH is 1. The molecule has 0 bridgehead atoms. The highest BCUT2D eigenvalue weighted by Gasteiger charge is 2.30. The molecular weight excluding hydrogens is 1160 g/mol. The van der Waals surface area contributed by atoms with E-state index in [1.165, 1.54) is 167 Å². The minimum absolute atomic E-state index is 0.107. The molecule has 0 radical (unpaired) electrons. The van der Waals surface area contributed by atoms with Crippen LogP contribution in [-0.2, 0) is 65.4 Å². The van der Waals surface area contributed by atoms with Gasteiger partial charge in [0.1, 0.15) is 19.3 Å². The molecule has 5 atom stereocenters. The van der Waals surface area contributed by atoms with Crippen molar-refractivity contribution >= 4 is 39.5 Å². The van der Waals surface area contributed by atoms with Gasteiger partial charge in [0.2, 0.25) is 0 Å². The van der Waals surface area contributed by atoms with E-state index < -0.39 is 97.5 Å². The summed E-state index contributed by atoms with van der Waals surface area (Å²) in [6, 6.07) is 0. The Balaban J connectivity index is 5.20. The third-order valence-electron chi connectivity index (χ3n) is 16.0. The Morgan fingerprint density at radius 3 is 0.773 bits per heavy atom. The average molecular weight is 1300 g/mol. The molecule has 0 saturated carbocycles. The number of unbranched alkanes of at least 4 members (excludes halogenated alkanes) is 41. The quantitative estimate of drug-likeness (QED) is 0.0222. The molecule has 0 saturated heterocycles. The van der Waals surface area contributed by atoms with Crippen LogP contribution in [0.4, 0.5) is 0 Å². The SMILES string of the molecule is CCCCCCCCCCCCCCCC(=O)OC[C@H](COP(=O)(O)OC[C@@H](O)COP(=O)(O)OC[C@@H](COC(=O)CCCCCCCCC)OC(=O)CCCCCCCCCCCCC)OC(=O)CCCCCCCCCCCCCCCCC(C)C. The highest BCUT2D eigenvalue weighted by atomic mass is 31.2. The van der Waals surface area contributed by atoms with E-state index in [9.17, 15) is 43.2 Å². The van der Waals surface area contributed by atoms with Gasteiger partial charge in [0.25, 0.3) is 0 Å². The molecule has 3 N–H and O–H groups in total. The van der Waals surface area contributed by atoms with E-state index in [-0.39, 0.29) is 25.7 Å². The van der Waals surface area contributed by atoms with Crippen LogP contribution in [0.5, 0.6) is 0 Å². The molecule has 0 rings (SSSR count). The van der Waals surface area contributed by atoms with Gasteiger partial charge in [-0.25, -0.2) is 9.13 Å². The lowest BCUT2D eigenvalue weighted by molar-refractivity contribution is -0.161. The molecule has 17 nitrogen and oxygen atoms in total. The molecule has 0 aliphatic heterocycles. The van der Waals surface area contributed by atoms with E-state index in [2.05, 4.69) is 34.6 Å². The zero-order valence-corrected chi connectivity index (χ0v) is 58.6. The summed E-state index contributed by atoms with van der Waals surface area (Å²) in [6.45, 7) is 7.22. The summed E-state index contributed by atoms with van der Waals surface area (Å²) in [6.07, 6.45) is 48.6. The monoisotopic (exact) mass is 1300 g/mol. The number of phosphoric ester groups is 2. The third kappa shape index (κ3) is 62.8. The van der Waals surface area contributed by atoms with Gasteiger partial charge < -0.3 is 33.8 Å². The number of carbonyl (C=O) groups is 4. The van der Waals surface area contributed by atoms with Crippen molar-refractivity contribution in [1.82, 2.24) is 0 Å². The van der Waals surface area contributed by atoms with Crippen molar-refractivity contribution in [2.24, 2.45) is 5.92 Å². The summed E-state index contributed by atoms with van der Waals surface area (Å²) in [5.41, 5.74) is 0. The van der Waals surface area contributed by atoms with Gasteiger partial charge in [-0.1, -0.05) is 304 Å². The number of esters is 4. The van der Waals surface area contributed by atoms with Gasteiger partial charge in [0.15, 0.2) is 12.2 Å². The molecule has 2 unspecified atom stereocenters. The van der Waals surface area contributed by atoms with Crippen LogP contribution >= 0.6 is 15.6 Å². The van der Waals surface area contributed by atoms with Crippen molar-refractivity contribution in [3.63, 3.8) is 0 Å². The standard InChI is InChI=1S/C69H134O17P2/c1-6-9-12-15-18-20-22-25-30-33-38-43-48-53-67(72)80-59-65(86-69(74)55-50-45-40-35-31-27-24-23-26-29-32-37-41-46-51-62(4)5)61-84-88(77,78)82-57-63(70)56-81-87(75,76)83-60-64(58-79-66(71)52-47-42-36-17-14-11-8-3)85-68(73)54-49-44-39-34-28-21-19-16-13-10-7-2/h62-65,70H,6-61H2,1-5H3,(H,75,76)(H,77,78)/t63-,64+,65+/m0/s1. The van der Waals surface area contributed by atoms with Crippen molar-refractivity contribution < 1.29 is 80.2 Å². The minimum Gasteiger partial charge on any atom is -0.462 e. The zero-order chi connectivity index (χ0) is 64.9. The fourth-order valence-corrected chi connectivity index (χ4v) is 12.0. The summed E-state index contributed by atoms with van der Waals surface area (Å²) >= 11 is 0. The second-order valence-corrected chi connectivity index (χ2v) is 28.3. The maximum Gasteiger partial charge on any atom is 0.472 e. The van der Waals surface area contributed by atoms with Crippen molar-refractivity contribution in [2.75, 3.05) is 39.6 Å². The second-order valence-electron chi connectivity index (χ2n) is 25.4. The number of aliphatic hydroxyl groups is 1. The maximum atomic E-state index is 13.0. The molecule has 0 aliphatic rings. The minimum atomic E-state index is -4.95. The first-order valence-corrected chi connectivity index (χ1v) is 39.1. The van der Waals surface area contributed by atoms with Crippen molar-refractivity contribution in [1.29, 1.82) is 0 Å². The van der Waals surface area contributed by atoms with E-state index in [0.717, 1.165) is 109 Å². The number of phosphoric acid groups is 2. The third-order valence-corrected chi connectivity index (χ3v) is 17.9. The topological polar surface area (TPSA) is 237 Å². The molecule has 0 amide bonds. The van der Waals surface area contributed by atoms with Crippen LogP contribution in [0.15, 0.2) is 0 Å². The van der Waals surface area contributed by atoms with Crippen LogP contribution < -0.4 is 0 Å². The van der Waals surface area contributed by atoms with Crippen LogP contribution in [0.3, 0.4) is 0 Å². The molecule has 522 valence electrons. The van der Waals surface area contributed by atoms with Crippen molar-refractivity contribution in [3.8, 4) is 0 Å². The number of hydrogen-bond acceptors (Lipinski definition) is 15. The summed E-state index contributed by atoms with van der Waals surface area (Å²) in [5, 5.41) is 10.6. The predicted octanol–water partition coefficient (Wildman–Crippen LogP) is 19.7. The normalized spacial score (nSPS) is 14.1. The fourth-order valence-electron chi connectivity index (χ4n) is 10.5. The smallest absolute Gasteiger partial charge is 0.462 e. The van der Waals surface area contributed by atoms with E-state index in [0.29, 0.717) is 25.7 Å². The van der Waals surface area contributed by atoms with Gasteiger partial charge in [0, 0.05) is 25.7 Å². The first kappa shape index (κ1) is 86.1. The molecule has 0 fully saturated rings. The molecule has 88 heavy (non-hydrogen) atoms. The molecule has 19 heteroatoms. The summed E-state index contributed by atoms with van der Waals surface area (Å²) < 4.78 is 68.1. The Hall–Kier alpha value is -1.94. The van der Waals surface area contributed by atoms with Gasteiger partial charge in [-0.2, -0.15) is 0 Å². The molecule has 0 aliphatic carbocycles. The zero-order valence-electron chi connectivity index (χ0n) is 56.9. The summed E-state index contributed by atoms with van der Waals surface area (Å²) in [7, 11) is -9.89. The van der Waals surface area contributed by atoms with Gasteiger partial charge >= 0.3 is 39.5 Å². The Bertz CT molecular complexity index is 1700. The van der Waals surface area contributed by atoms with Gasteiger partial charge in [-0.05, 0) is 31.6 Å². The van der Waals surface area contributed by atoms with E-state index >= 15 is 0 Å². The van der Waals surface area contributed by atoms with Gasteiger partial charge in [-0.3, -0.25) is 37.3 Å². The Morgan fingerprint density at radius 2 is 0.523 bits per heavy atom. The van der Waals surface area contributed by atoms with Crippen molar-refractivity contribution in [3.05, 3.63) is 0 Å². The summed E-state index contributed by atoms with van der Waals surface area (Å²) in [5.74, 6) is -1.33. The van der Waals surface area contributed by atoms with Crippen LogP contribution in [0.1, 0.15) is 356 Å². The maximum absolute atomic E-state index is 13.0. The van der Waals surface area contributed by atoms with E-state index in [1.54, 1.807) is 0 Å². The van der Waals surface area contributed by atoms with E-state index in [4.69, 9.17) is 37.0 Å². The Kier molecular flexibility index (Phi) is 61.1. The number of rotatable bonds is 69. The number of ether oxygens (including phenoxy) is 4. The first-order valence-electron chi connectivity index (χ1n) is 36.1. The van der Waals surface area contributed by atoms with E-state index in [1.807, 2.05) is 0 Å². The van der Waals surface area contributed by atoms with Crippen molar-refractivity contribution in [2.45, 2.75) is 374 Å². The molecular formula is C69H134O17P2. The fraction of sp³-hybridized carbons (Fsp3) is 0.942. The molecule has 0 aromatic carbocycles. The largest absolute Gasteiger partial charge is 0.472 e. The molecule has 0 heterocycles. The lowest BCUT2D eigenvalue weighted by Gasteiger charge is -2.21. The average Bonchev–Trinajstić information content (AvgIpc) is 3.53. The second kappa shape index (κ2) is 62.5. The van der Waals surface area contributed by atoms with Crippen LogP contribution in [0.25, 0.3) is 0 Å². The first-order chi connectivity index (χ1) is 42.5. The highest BCUT2D eigenvalue weighted by Crippen LogP contribution is 2.45. The summed E-state index contributed by atoms with van der Waals surface area (Å²) in [4.78, 5) is 72.3. The molecule has 0 aromatic rings. The lowest BCUT2D eigenvalue weighted by atomic mass is 10.0. The van der Waals surface area contributed by atoms with Crippen LogP contribution in [0.2, 0.25) is 0 Å². The molecule has 0 aromatic heterocycles. The number of carbonyl (C=O) groups excluding carboxylic acids is 4.